The number of rotatable bonds is 7. The van der Waals surface area contributed by atoms with Crippen LogP contribution in [0.4, 0.5) is 0 Å². The minimum atomic E-state index is -0.286. The topological polar surface area (TPSA) is 32.3 Å². The molecule has 1 aromatic carbocycles. The lowest BCUT2D eigenvalue weighted by Crippen LogP contribution is -2.31. The van der Waals surface area contributed by atoms with Crippen molar-refractivity contribution in [2.75, 3.05) is 13.1 Å². The Kier molecular flexibility index (Phi) is 6.12. The van der Waals surface area contributed by atoms with E-state index in [-0.39, 0.29) is 6.10 Å². The van der Waals surface area contributed by atoms with Crippen LogP contribution in [0.15, 0.2) is 30.3 Å². The van der Waals surface area contributed by atoms with Crippen LogP contribution in [0, 0.1) is 5.92 Å². The molecule has 0 amide bonds. The molecule has 0 heterocycles. The predicted molar refractivity (Wildman–Crippen MR) is 68.5 cm³/mol. The predicted octanol–water partition coefficient (Wildman–Crippen LogP) is 2.23. The summed E-state index contributed by atoms with van der Waals surface area (Å²) in [6.45, 7) is 6.07. The van der Waals surface area contributed by atoms with Crippen LogP contribution in [-0.2, 0) is 6.42 Å². The summed E-state index contributed by atoms with van der Waals surface area (Å²) in [4.78, 5) is 0. The summed E-state index contributed by atoms with van der Waals surface area (Å²) in [5.41, 5.74) is 1.19. The van der Waals surface area contributed by atoms with Crippen molar-refractivity contribution in [3.05, 3.63) is 35.9 Å². The maximum absolute atomic E-state index is 9.83. The fourth-order valence-corrected chi connectivity index (χ4v) is 1.60. The summed E-state index contributed by atoms with van der Waals surface area (Å²) in [6.07, 6.45) is 1.63. The van der Waals surface area contributed by atoms with Gasteiger partial charge in [0, 0.05) is 6.54 Å². The molecule has 90 valence electrons. The van der Waals surface area contributed by atoms with Crippen LogP contribution in [0.5, 0.6) is 0 Å². The first-order valence-electron chi connectivity index (χ1n) is 6.15. The Balaban J connectivity index is 2.19. The molecular weight excluding hydrogens is 198 g/mol. The van der Waals surface area contributed by atoms with Crippen molar-refractivity contribution in [1.29, 1.82) is 0 Å². The van der Waals surface area contributed by atoms with Crippen LogP contribution in [-0.4, -0.2) is 24.3 Å². The second-order valence-corrected chi connectivity index (χ2v) is 4.52. The van der Waals surface area contributed by atoms with E-state index < -0.39 is 0 Å². The quantitative estimate of drug-likeness (QED) is 0.740. The van der Waals surface area contributed by atoms with E-state index in [2.05, 4.69) is 31.3 Å². The molecule has 0 aliphatic rings. The number of hydrogen-bond donors (Lipinski definition) is 2. The minimum Gasteiger partial charge on any atom is -0.391 e. The largest absolute Gasteiger partial charge is 0.391 e. The summed E-state index contributed by atoms with van der Waals surface area (Å²) in [5.74, 6) is 0.684. The van der Waals surface area contributed by atoms with Gasteiger partial charge in [0.1, 0.15) is 0 Å². The maximum Gasteiger partial charge on any atom is 0.0704 e. The Morgan fingerprint density at radius 2 is 1.88 bits per heavy atom. The van der Waals surface area contributed by atoms with Crippen LogP contribution in [0.25, 0.3) is 0 Å². The molecule has 2 heteroatoms. The Bertz CT molecular complexity index is 273. The first-order valence-corrected chi connectivity index (χ1v) is 6.15. The van der Waals surface area contributed by atoms with E-state index in [1.54, 1.807) is 0 Å². The van der Waals surface area contributed by atoms with Crippen LogP contribution in [0.1, 0.15) is 25.8 Å². The first-order chi connectivity index (χ1) is 7.72. The van der Waals surface area contributed by atoms with Crippen LogP contribution in [0.2, 0.25) is 0 Å². The zero-order valence-electron chi connectivity index (χ0n) is 10.3. The minimum absolute atomic E-state index is 0.286. The smallest absolute Gasteiger partial charge is 0.0704 e. The normalized spacial score (nSPS) is 14.7. The van der Waals surface area contributed by atoms with E-state index in [9.17, 15) is 5.11 Å². The van der Waals surface area contributed by atoms with Gasteiger partial charge in [-0.25, -0.2) is 0 Å². The molecule has 2 N–H and O–H groups in total. The Morgan fingerprint density at radius 1 is 1.19 bits per heavy atom. The van der Waals surface area contributed by atoms with Crippen molar-refractivity contribution >= 4 is 0 Å². The first kappa shape index (κ1) is 13.2. The molecule has 0 radical (unpaired) electrons. The number of benzene rings is 1. The monoisotopic (exact) mass is 221 g/mol. The maximum atomic E-state index is 9.83. The lowest BCUT2D eigenvalue weighted by Gasteiger charge is -2.14. The van der Waals surface area contributed by atoms with Crippen LogP contribution in [0.3, 0.4) is 0 Å². The second kappa shape index (κ2) is 7.42. The molecule has 0 bridgehead atoms. The SMILES string of the molecule is CCC(C)CNCC(O)Cc1ccccc1. The summed E-state index contributed by atoms with van der Waals surface area (Å²) in [6, 6.07) is 10.1. The van der Waals surface area contributed by atoms with Gasteiger partial charge in [-0.15, -0.1) is 0 Å². The Labute approximate surface area is 98.7 Å². The van der Waals surface area contributed by atoms with Gasteiger partial charge in [-0.1, -0.05) is 50.6 Å². The summed E-state index contributed by atoms with van der Waals surface area (Å²) < 4.78 is 0. The third-order valence-corrected chi connectivity index (χ3v) is 2.88. The molecule has 0 spiro atoms. The number of nitrogens with one attached hydrogen (secondary N) is 1. The molecule has 16 heavy (non-hydrogen) atoms. The van der Waals surface area contributed by atoms with Crippen molar-refractivity contribution in [1.82, 2.24) is 5.32 Å². The van der Waals surface area contributed by atoms with Crippen molar-refractivity contribution in [2.45, 2.75) is 32.8 Å². The summed E-state index contributed by atoms with van der Waals surface area (Å²) in [7, 11) is 0. The van der Waals surface area contributed by atoms with E-state index in [0.717, 1.165) is 13.0 Å². The fourth-order valence-electron chi connectivity index (χ4n) is 1.60. The van der Waals surface area contributed by atoms with Gasteiger partial charge in [-0.05, 0) is 24.4 Å². The van der Waals surface area contributed by atoms with E-state index >= 15 is 0 Å². The number of aliphatic hydroxyl groups is 1. The molecule has 2 atom stereocenters. The molecule has 2 nitrogen and oxygen atoms in total. The van der Waals surface area contributed by atoms with Crippen molar-refractivity contribution < 1.29 is 5.11 Å². The number of hydrogen-bond acceptors (Lipinski definition) is 2. The second-order valence-electron chi connectivity index (χ2n) is 4.52. The standard InChI is InChI=1S/C14H23NO/c1-3-12(2)10-15-11-14(16)9-13-7-5-4-6-8-13/h4-8,12,14-16H,3,9-11H2,1-2H3. The molecule has 0 aliphatic heterocycles. The summed E-state index contributed by atoms with van der Waals surface area (Å²) in [5, 5.41) is 13.1. The molecule has 1 rings (SSSR count). The van der Waals surface area contributed by atoms with Gasteiger partial charge in [0.15, 0.2) is 0 Å². The third kappa shape index (κ3) is 5.29. The van der Waals surface area contributed by atoms with Gasteiger partial charge < -0.3 is 10.4 Å². The van der Waals surface area contributed by atoms with Crippen LogP contribution >= 0.6 is 0 Å². The van der Waals surface area contributed by atoms with E-state index in [1.165, 1.54) is 12.0 Å². The highest BCUT2D eigenvalue weighted by molar-refractivity contribution is 5.15. The lowest BCUT2D eigenvalue weighted by atomic mass is 10.1. The molecule has 0 fully saturated rings. The van der Waals surface area contributed by atoms with Gasteiger partial charge in [-0.2, -0.15) is 0 Å². The zero-order chi connectivity index (χ0) is 11.8. The molecule has 0 aliphatic carbocycles. The van der Waals surface area contributed by atoms with E-state index in [1.807, 2.05) is 18.2 Å². The Morgan fingerprint density at radius 3 is 2.50 bits per heavy atom. The summed E-state index contributed by atoms with van der Waals surface area (Å²) >= 11 is 0. The van der Waals surface area contributed by atoms with Gasteiger partial charge in [-0.3, -0.25) is 0 Å². The number of aliphatic hydroxyl groups excluding tert-OH is 1. The third-order valence-electron chi connectivity index (χ3n) is 2.88. The van der Waals surface area contributed by atoms with E-state index in [0.29, 0.717) is 12.5 Å². The highest BCUT2D eigenvalue weighted by Gasteiger charge is 2.05. The van der Waals surface area contributed by atoms with E-state index in [4.69, 9.17) is 0 Å². The average Bonchev–Trinajstić information content (AvgIpc) is 2.30. The molecule has 1 aromatic rings. The molecule has 0 saturated carbocycles. The van der Waals surface area contributed by atoms with Gasteiger partial charge in [0.2, 0.25) is 0 Å². The Hall–Kier alpha value is -0.860. The molecule has 2 unspecified atom stereocenters. The van der Waals surface area contributed by atoms with Crippen molar-refractivity contribution in [3.63, 3.8) is 0 Å². The zero-order valence-corrected chi connectivity index (χ0v) is 10.3. The molecular formula is C14H23NO. The van der Waals surface area contributed by atoms with Gasteiger partial charge in [0.05, 0.1) is 6.10 Å². The van der Waals surface area contributed by atoms with Crippen LogP contribution < -0.4 is 5.32 Å². The van der Waals surface area contributed by atoms with Gasteiger partial charge in [0.25, 0.3) is 0 Å². The van der Waals surface area contributed by atoms with Crippen molar-refractivity contribution in [2.24, 2.45) is 5.92 Å². The lowest BCUT2D eigenvalue weighted by molar-refractivity contribution is 0.170. The highest BCUT2D eigenvalue weighted by Crippen LogP contribution is 2.03. The molecule has 0 saturated heterocycles. The van der Waals surface area contributed by atoms with Crippen molar-refractivity contribution in [3.8, 4) is 0 Å². The highest BCUT2D eigenvalue weighted by atomic mass is 16.3. The molecule has 0 aromatic heterocycles. The van der Waals surface area contributed by atoms with Gasteiger partial charge >= 0.3 is 0 Å². The average molecular weight is 221 g/mol. The fraction of sp³-hybridized carbons (Fsp3) is 0.571.